The highest BCUT2D eigenvalue weighted by Crippen LogP contribution is 2.12. The third kappa shape index (κ3) is 3.02. The van der Waals surface area contributed by atoms with Crippen LogP contribution in [-0.2, 0) is 16.1 Å². The molecular weight excluding hydrogens is 199 g/mol. The minimum absolute atomic E-state index is 0.0576. The Morgan fingerprint density at radius 1 is 1.47 bits per heavy atom. The third-order valence-electron chi connectivity index (χ3n) is 1.91. The van der Waals surface area contributed by atoms with Gasteiger partial charge in [0.15, 0.2) is 0 Å². The number of halogens is 1. The van der Waals surface area contributed by atoms with Crippen molar-refractivity contribution < 1.29 is 18.7 Å². The zero-order chi connectivity index (χ0) is 11.3. The number of carbonyl (C=O) groups is 1. The van der Waals surface area contributed by atoms with Crippen LogP contribution in [-0.4, -0.2) is 19.7 Å². The Kier molecular flexibility index (Phi) is 4.24. The molecule has 15 heavy (non-hydrogen) atoms. The van der Waals surface area contributed by atoms with Gasteiger partial charge in [0.1, 0.15) is 5.82 Å². The molecular formula is C11H13FO3. The van der Waals surface area contributed by atoms with E-state index < -0.39 is 11.8 Å². The highest BCUT2D eigenvalue weighted by Gasteiger charge is 2.11. The second-order valence-corrected chi connectivity index (χ2v) is 2.94. The average molecular weight is 212 g/mol. The van der Waals surface area contributed by atoms with Gasteiger partial charge in [-0.2, -0.15) is 0 Å². The van der Waals surface area contributed by atoms with Crippen molar-refractivity contribution >= 4 is 5.97 Å². The van der Waals surface area contributed by atoms with E-state index >= 15 is 0 Å². The van der Waals surface area contributed by atoms with Crippen LogP contribution in [0.2, 0.25) is 0 Å². The molecule has 0 spiro atoms. The predicted octanol–water partition coefficient (Wildman–Crippen LogP) is 2.15. The third-order valence-corrected chi connectivity index (χ3v) is 1.91. The molecule has 4 heteroatoms. The minimum Gasteiger partial charge on any atom is -0.465 e. The van der Waals surface area contributed by atoms with Gasteiger partial charge in [-0.05, 0) is 24.6 Å². The first kappa shape index (κ1) is 11.7. The molecule has 0 N–H and O–H groups in total. The summed E-state index contributed by atoms with van der Waals surface area (Å²) < 4.78 is 22.9. The average Bonchev–Trinajstić information content (AvgIpc) is 2.25. The number of carbonyl (C=O) groups excluding carboxylic acids is 1. The van der Waals surface area contributed by atoms with E-state index in [9.17, 15) is 9.18 Å². The first-order valence-corrected chi connectivity index (χ1v) is 4.63. The number of ether oxygens (including phenoxy) is 2. The van der Waals surface area contributed by atoms with Crippen LogP contribution in [0.4, 0.5) is 4.39 Å². The van der Waals surface area contributed by atoms with Crippen molar-refractivity contribution in [2.45, 2.75) is 13.5 Å². The van der Waals surface area contributed by atoms with Crippen molar-refractivity contribution in [3.8, 4) is 0 Å². The molecule has 0 radical (unpaired) electrons. The topological polar surface area (TPSA) is 35.5 Å². The zero-order valence-corrected chi connectivity index (χ0v) is 8.75. The number of esters is 1. The van der Waals surface area contributed by atoms with Crippen molar-refractivity contribution in [1.29, 1.82) is 0 Å². The highest BCUT2D eigenvalue weighted by atomic mass is 19.1. The lowest BCUT2D eigenvalue weighted by Gasteiger charge is -2.04. The SMILES string of the molecule is CCOCc1ccc(C(=O)OC)c(F)c1. The van der Waals surface area contributed by atoms with Gasteiger partial charge in [0.25, 0.3) is 0 Å². The van der Waals surface area contributed by atoms with Crippen LogP contribution < -0.4 is 0 Å². The summed E-state index contributed by atoms with van der Waals surface area (Å²) in [6, 6.07) is 4.32. The van der Waals surface area contributed by atoms with Gasteiger partial charge < -0.3 is 9.47 Å². The van der Waals surface area contributed by atoms with Crippen LogP contribution in [0, 0.1) is 5.82 Å². The number of methoxy groups -OCH3 is 1. The van der Waals surface area contributed by atoms with Crippen molar-refractivity contribution in [3.63, 3.8) is 0 Å². The van der Waals surface area contributed by atoms with Crippen LogP contribution in [0.1, 0.15) is 22.8 Å². The van der Waals surface area contributed by atoms with Crippen molar-refractivity contribution in [2.75, 3.05) is 13.7 Å². The van der Waals surface area contributed by atoms with Gasteiger partial charge in [-0.3, -0.25) is 0 Å². The molecule has 0 saturated carbocycles. The molecule has 1 aromatic rings. The number of benzene rings is 1. The quantitative estimate of drug-likeness (QED) is 0.717. The van der Waals surface area contributed by atoms with Crippen LogP contribution in [0.3, 0.4) is 0 Å². The summed E-state index contributed by atoms with van der Waals surface area (Å²) in [6.07, 6.45) is 0. The van der Waals surface area contributed by atoms with E-state index in [0.29, 0.717) is 18.8 Å². The van der Waals surface area contributed by atoms with Gasteiger partial charge in [0.2, 0.25) is 0 Å². The van der Waals surface area contributed by atoms with Crippen LogP contribution >= 0.6 is 0 Å². The fraction of sp³-hybridized carbons (Fsp3) is 0.364. The zero-order valence-electron chi connectivity index (χ0n) is 8.75. The molecule has 0 aliphatic rings. The second kappa shape index (κ2) is 5.46. The molecule has 0 saturated heterocycles. The van der Waals surface area contributed by atoms with Crippen molar-refractivity contribution in [1.82, 2.24) is 0 Å². The van der Waals surface area contributed by atoms with Crippen molar-refractivity contribution in [2.24, 2.45) is 0 Å². The predicted molar refractivity (Wildman–Crippen MR) is 53.1 cm³/mol. The van der Waals surface area contributed by atoms with Crippen LogP contribution in [0.15, 0.2) is 18.2 Å². The van der Waals surface area contributed by atoms with E-state index in [1.54, 1.807) is 6.07 Å². The summed E-state index contributed by atoms with van der Waals surface area (Å²) in [4.78, 5) is 11.1. The van der Waals surface area contributed by atoms with E-state index in [-0.39, 0.29) is 5.56 Å². The number of rotatable bonds is 4. The molecule has 0 bridgehead atoms. The molecule has 82 valence electrons. The van der Waals surface area contributed by atoms with E-state index in [4.69, 9.17) is 4.74 Å². The van der Waals surface area contributed by atoms with Crippen LogP contribution in [0.25, 0.3) is 0 Å². The van der Waals surface area contributed by atoms with Gasteiger partial charge in [-0.15, -0.1) is 0 Å². The molecule has 0 atom stereocenters. The Morgan fingerprint density at radius 2 is 2.20 bits per heavy atom. The maximum absolute atomic E-state index is 13.4. The Morgan fingerprint density at radius 3 is 2.73 bits per heavy atom. The minimum atomic E-state index is -0.671. The smallest absolute Gasteiger partial charge is 0.340 e. The largest absolute Gasteiger partial charge is 0.465 e. The second-order valence-electron chi connectivity index (χ2n) is 2.94. The molecule has 3 nitrogen and oxygen atoms in total. The monoisotopic (exact) mass is 212 g/mol. The summed E-state index contributed by atoms with van der Waals surface area (Å²) in [7, 11) is 1.22. The highest BCUT2D eigenvalue weighted by molar-refractivity contribution is 5.89. The fourth-order valence-electron chi connectivity index (χ4n) is 1.14. The molecule has 0 amide bonds. The maximum Gasteiger partial charge on any atom is 0.340 e. The summed E-state index contributed by atoms with van der Waals surface area (Å²) in [6.45, 7) is 2.77. The van der Waals surface area contributed by atoms with E-state index in [0.717, 1.165) is 0 Å². The van der Waals surface area contributed by atoms with Crippen LogP contribution in [0.5, 0.6) is 0 Å². The molecule has 1 aromatic carbocycles. The summed E-state index contributed by atoms with van der Waals surface area (Å²) in [5.41, 5.74) is 0.639. The Bertz CT molecular complexity index is 350. The molecule has 1 rings (SSSR count). The van der Waals surface area contributed by atoms with Gasteiger partial charge in [-0.25, -0.2) is 9.18 Å². The maximum atomic E-state index is 13.4. The van der Waals surface area contributed by atoms with Gasteiger partial charge >= 0.3 is 5.97 Å². The van der Waals surface area contributed by atoms with Gasteiger partial charge in [-0.1, -0.05) is 6.07 Å². The Labute approximate surface area is 87.8 Å². The molecule has 0 aliphatic heterocycles. The fourth-order valence-corrected chi connectivity index (χ4v) is 1.14. The lowest BCUT2D eigenvalue weighted by Crippen LogP contribution is -2.05. The lowest BCUT2D eigenvalue weighted by atomic mass is 10.1. The number of hydrogen-bond donors (Lipinski definition) is 0. The normalized spacial score (nSPS) is 10.1. The molecule has 0 unspecified atom stereocenters. The van der Waals surface area contributed by atoms with Crippen molar-refractivity contribution in [3.05, 3.63) is 35.1 Å². The summed E-state index contributed by atoms with van der Waals surface area (Å²) in [5, 5.41) is 0. The van der Waals surface area contributed by atoms with E-state index in [1.807, 2.05) is 6.92 Å². The number of hydrogen-bond acceptors (Lipinski definition) is 3. The molecule has 0 fully saturated rings. The van der Waals surface area contributed by atoms with E-state index in [1.165, 1.54) is 19.2 Å². The molecule has 0 aliphatic carbocycles. The first-order chi connectivity index (χ1) is 7.19. The Hall–Kier alpha value is -1.42. The van der Waals surface area contributed by atoms with Gasteiger partial charge in [0.05, 0.1) is 19.3 Å². The summed E-state index contributed by atoms with van der Waals surface area (Å²) in [5.74, 6) is -1.26. The Balaban J connectivity index is 2.83. The van der Waals surface area contributed by atoms with Gasteiger partial charge in [0, 0.05) is 6.61 Å². The molecule has 0 aromatic heterocycles. The standard InChI is InChI=1S/C11H13FO3/c1-3-15-7-8-4-5-9(10(12)6-8)11(13)14-2/h4-6H,3,7H2,1-2H3. The lowest BCUT2D eigenvalue weighted by molar-refractivity contribution is 0.0595. The first-order valence-electron chi connectivity index (χ1n) is 4.63. The summed E-state index contributed by atoms with van der Waals surface area (Å²) >= 11 is 0. The van der Waals surface area contributed by atoms with E-state index in [2.05, 4.69) is 4.74 Å². The molecule has 0 heterocycles.